The van der Waals surface area contributed by atoms with Gasteiger partial charge in [-0.25, -0.2) is 4.39 Å². The molecule has 0 aromatic heterocycles. The van der Waals surface area contributed by atoms with Crippen molar-refractivity contribution in [3.63, 3.8) is 0 Å². The van der Waals surface area contributed by atoms with Gasteiger partial charge in [0.1, 0.15) is 5.82 Å². The first kappa shape index (κ1) is 13.0. The van der Waals surface area contributed by atoms with Crippen molar-refractivity contribution in [3.05, 3.63) is 68.9 Å². The number of carbonyl (C=O) groups excluding carboxylic acids is 1. The number of aryl methyl sites for hydroxylation is 2. The van der Waals surface area contributed by atoms with E-state index in [0.29, 0.717) is 11.1 Å². The summed E-state index contributed by atoms with van der Waals surface area (Å²) in [4.78, 5) is 12.3. The van der Waals surface area contributed by atoms with Gasteiger partial charge in [-0.2, -0.15) is 0 Å². The fourth-order valence-corrected chi connectivity index (χ4v) is 2.03. The Labute approximate surface area is 114 Å². The fourth-order valence-electron chi connectivity index (χ4n) is 1.78. The number of carbonyl (C=O) groups is 1. The predicted molar refractivity (Wildman–Crippen MR) is 73.4 cm³/mol. The van der Waals surface area contributed by atoms with Crippen molar-refractivity contribution in [2.75, 3.05) is 0 Å². The number of ketones is 1. The first-order valence-electron chi connectivity index (χ1n) is 5.56. The van der Waals surface area contributed by atoms with Crippen molar-refractivity contribution in [2.45, 2.75) is 13.8 Å². The molecule has 92 valence electrons. The zero-order valence-electron chi connectivity index (χ0n) is 10.1. The summed E-state index contributed by atoms with van der Waals surface area (Å²) in [5, 5.41) is 0. The Kier molecular flexibility index (Phi) is 3.62. The van der Waals surface area contributed by atoms with Gasteiger partial charge in [0, 0.05) is 15.6 Å². The highest BCUT2D eigenvalue weighted by Gasteiger charge is 2.13. The molecule has 2 aromatic rings. The quantitative estimate of drug-likeness (QED) is 0.750. The molecule has 0 aliphatic carbocycles. The molecule has 2 rings (SSSR count). The van der Waals surface area contributed by atoms with Crippen molar-refractivity contribution in [1.82, 2.24) is 0 Å². The highest BCUT2D eigenvalue weighted by Crippen LogP contribution is 2.21. The molecule has 0 radical (unpaired) electrons. The van der Waals surface area contributed by atoms with Gasteiger partial charge in [-0.15, -0.1) is 0 Å². The van der Waals surface area contributed by atoms with Gasteiger partial charge in [-0.05, 0) is 55.3 Å². The highest BCUT2D eigenvalue weighted by molar-refractivity contribution is 9.10. The second-order valence-corrected chi connectivity index (χ2v) is 5.11. The maximum absolute atomic E-state index is 13.2. The monoisotopic (exact) mass is 306 g/mol. The molecule has 0 amide bonds. The lowest BCUT2D eigenvalue weighted by molar-refractivity contribution is 0.103. The van der Waals surface area contributed by atoms with Crippen molar-refractivity contribution in [2.24, 2.45) is 0 Å². The molecule has 0 saturated heterocycles. The van der Waals surface area contributed by atoms with Crippen LogP contribution in [0, 0.1) is 19.7 Å². The normalized spacial score (nSPS) is 10.4. The van der Waals surface area contributed by atoms with Gasteiger partial charge in [0.25, 0.3) is 0 Å². The summed E-state index contributed by atoms with van der Waals surface area (Å²) in [5.41, 5.74) is 2.75. The van der Waals surface area contributed by atoms with Crippen LogP contribution in [0.15, 0.2) is 40.9 Å². The molecule has 1 nitrogen and oxygen atoms in total. The first-order valence-corrected chi connectivity index (χ1v) is 6.35. The molecule has 0 atom stereocenters. The standard InChI is InChI=1S/C15H12BrFO/c1-9-3-5-12(17)8-13(9)15(18)11-4-6-14(16)10(2)7-11/h3-8H,1-2H3. The van der Waals surface area contributed by atoms with Crippen molar-refractivity contribution < 1.29 is 9.18 Å². The van der Waals surface area contributed by atoms with Crippen LogP contribution in [-0.2, 0) is 0 Å². The van der Waals surface area contributed by atoms with Crippen LogP contribution in [0.3, 0.4) is 0 Å². The van der Waals surface area contributed by atoms with Crippen LogP contribution < -0.4 is 0 Å². The minimum Gasteiger partial charge on any atom is -0.289 e. The van der Waals surface area contributed by atoms with Crippen LogP contribution in [0.25, 0.3) is 0 Å². The average Bonchev–Trinajstić information content (AvgIpc) is 2.35. The number of halogens is 2. The molecule has 0 aliphatic rings. The summed E-state index contributed by atoms with van der Waals surface area (Å²) in [6.07, 6.45) is 0. The zero-order chi connectivity index (χ0) is 13.3. The van der Waals surface area contributed by atoms with E-state index in [2.05, 4.69) is 15.9 Å². The maximum Gasteiger partial charge on any atom is 0.193 e. The zero-order valence-corrected chi connectivity index (χ0v) is 11.7. The Morgan fingerprint density at radius 3 is 2.44 bits per heavy atom. The number of hydrogen-bond donors (Lipinski definition) is 0. The summed E-state index contributed by atoms with van der Waals surface area (Å²) in [6, 6.07) is 9.64. The van der Waals surface area contributed by atoms with Crippen LogP contribution in [-0.4, -0.2) is 5.78 Å². The first-order chi connectivity index (χ1) is 8.49. The largest absolute Gasteiger partial charge is 0.289 e. The molecule has 2 aromatic carbocycles. The lowest BCUT2D eigenvalue weighted by Gasteiger charge is -2.07. The third-order valence-corrected chi connectivity index (χ3v) is 3.75. The molecular formula is C15H12BrFO. The molecule has 0 aliphatic heterocycles. The van der Waals surface area contributed by atoms with E-state index in [1.807, 2.05) is 13.0 Å². The van der Waals surface area contributed by atoms with E-state index in [1.165, 1.54) is 12.1 Å². The minimum atomic E-state index is -0.391. The smallest absolute Gasteiger partial charge is 0.193 e. The third kappa shape index (κ3) is 2.51. The summed E-state index contributed by atoms with van der Waals surface area (Å²) in [5.74, 6) is -0.541. The van der Waals surface area contributed by atoms with E-state index in [0.717, 1.165) is 15.6 Å². The van der Waals surface area contributed by atoms with Gasteiger partial charge in [0.15, 0.2) is 5.78 Å². The fraction of sp³-hybridized carbons (Fsp3) is 0.133. The van der Waals surface area contributed by atoms with E-state index >= 15 is 0 Å². The van der Waals surface area contributed by atoms with E-state index in [4.69, 9.17) is 0 Å². The Balaban J connectivity index is 2.47. The minimum absolute atomic E-state index is 0.150. The Morgan fingerprint density at radius 2 is 1.78 bits per heavy atom. The van der Waals surface area contributed by atoms with Crippen molar-refractivity contribution >= 4 is 21.7 Å². The molecule has 3 heteroatoms. The second-order valence-electron chi connectivity index (χ2n) is 4.25. The summed E-state index contributed by atoms with van der Waals surface area (Å²) in [7, 11) is 0. The molecule has 18 heavy (non-hydrogen) atoms. The molecule has 0 N–H and O–H groups in total. The summed E-state index contributed by atoms with van der Waals surface area (Å²) >= 11 is 3.39. The van der Waals surface area contributed by atoms with Crippen molar-refractivity contribution in [1.29, 1.82) is 0 Å². The molecule has 0 unspecified atom stereocenters. The van der Waals surface area contributed by atoms with Crippen molar-refractivity contribution in [3.8, 4) is 0 Å². The molecule has 0 bridgehead atoms. The Morgan fingerprint density at radius 1 is 1.06 bits per heavy atom. The van der Waals surface area contributed by atoms with E-state index < -0.39 is 5.82 Å². The number of rotatable bonds is 2. The average molecular weight is 307 g/mol. The predicted octanol–water partition coefficient (Wildman–Crippen LogP) is 4.44. The van der Waals surface area contributed by atoms with Crippen LogP contribution >= 0.6 is 15.9 Å². The Bertz CT molecular complexity index is 620. The Hall–Kier alpha value is -1.48. The third-order valence-electron chi connectivity index (χ3n) is 2.86. The topological polar surface area (TPSA) is 17.1 Å². The number of hydrogen-bond acceptors (Lipinski definition) is 1. The van der Waals surface area contributed by atoms with E-state index in [-0.39, 0.29) is 5.78 Å². The van der Waals surface area contributed by atoms with Gasteiger partial charge < -0.3 is 0 Å². The van der Waals surface area contributed by atoms with Crippen LogP contribution in [0.2, 0.25) is 0 Å². The van der Waals surface area contributed by atoms with Crippen LogP contribution in [0.5, 0.6) is 0 Å². The molecule has 0 saturated carbocycles. The van der Waals surface area contributed by atoms with Crippen LogP contribution in [0.4, 0.5) is 4.39 Å². The second kappa shape index (κ2) is 5.02. The molecule has 0 spiro atoms. The SMILES string of the molecule is Cc1cc(C(=O)c2cc(F)ccc2C)ccc1Br. The van der Waals surface area contributed by atoms with Gasteiger partial charge in [-0.3, -0.25) is 4.79 Å². The van der Waals surface area contributed by atoms with Gasteiger partial charge in [0.05, 0.1) is 0 Å². The van der Waals surface area contributed by atoms with Gasteiger partial charge in [-0.1, -0.05) is 22.0 Å². The molecule has 0 fully saturated rings. The van der Waals surface area contributed by atoms with E-state index in [9.17, 15) is 9.18 Å². The molecular weight excluding hydrogens is 295 g/mol. The lowest BCUT2D eigenvalue weighted by atomic mass is 9.98. The van der Waals surface area contributed by atoms with Gasteiger partial charge in [0.2, 0.25) is 0 Å². The lowest BCUT2D eigenvalue weighted by Crippen LogP contribution is -2.04. The number of benzene rings is 2. The van der Waals surface area contributed by atoms with Crippen LogP contribution in [0.1, 0.15) is 27.0 Å². The van der Waals surface area contributed by atoms with E-state index in [1.54, 1.807) is 25.1 Å². The maximum atomic E-state index is 13.2. The summed E-state index contributed by atoms with van der Waals surface area (Å²) < 4.78 is 14.2. The summed E-state index contributed by atoms with van der Waals surface area (Å²) in [6.45, 7) is 3.72. The molecule has 0 heterocycles. The highest BCUT2D eigenvalue weighted by atomic mass is 79.9. The van der Waals surface area contributed by atoms with Gasteiger partial charge >= 0.3 is 0 Å².